The van der Waals surface area contributed by atoms with Crippen molar-refractivity contribution in [3.05, 3.63) is 77.6 Å². The van der Waals surface area contributed by atoms with Gasteiger partial charge in [0.1, 0.15) is 12.2 Å². The van der Waals surface area contributed by atoms with Gasteiger partial charge in [-0.2, -0.15) is 5.10 Å². The number of amides is 2. The second kappa shape index (κ2) is 11.6. The van der Waals surface area contributed by atoms with E-state index < -0.39 is 42.4 Å². The summed E-state index contributed by atoms with van der Waals surface area (Å²) in [6.07, 6.45) is -1.71. The number of aromatic nitrogens is 2. The van der Waals surface area contributed by atoms with E-state index in [4.69, 9.17) is 10.2 Å². The Morgan fingerprint density at radius 1 is 0.914 bits per heavy atom. The first-order valence-corrected chi connectivity index (χ1v) is 10.6. The number of aliphatic hydroxyl groups is 1. The average molecular weight is 480 g/mol. The van der Waals surface area contributed by atoms with Crippen molar-refractivity contribution in [3.63, 3.8) is 0 Å². The van der Waals surface area contributed by atoms with E-state index in [1.54, 1.807) is 0 Å². The lowest BCUT2D eigenvalue weighted by Gasteiger charge is -2.20. The van der Waals surface area contributed by atoms with Gasteiger partial charge in [-0.25, -0.2) is 4.79 Å². The van der Waals surface area contributed by atoms with Gasteiger partial charge in [-0.3, -0.25) is 19.5 Å². The fourth-order valence-electron chi connectivity index (χ4n) is 3.38. The summed E-state index contributed by atoms with van der Waals surface area (Å²) in [7, 11) is 0. The number of carboxylic acid groups (broad SMARTS) is 2. The second-order valence-corrected chi connectivity index (χ2v) is 7.77. The lowest BCUT2D eigenvalue weighted by atomic mass is 9.97. The van der Waals surface area contributed by atoms with Gasteiger partial charge in [-0.1, -0.05) is 54.6 Å². The first-order chi connectivity index (χ1) is 16.7. The molecule has 2 unspecified atom stereocenters. The van der Waals surface area contributed by atoms with Gasteiger partial charge < -0.3 is 26.0 Å². The summed E-state index contributed by atoms with van der Waals surface area (Å²) in [5.74, 6) is -4.09. The first kappa shape index (κ1) is 25.1. The van der Waals surface area contributed by atoms with Crippen molar-refractivity contribution in [2.75, 3.05) is 6.54 Å². The fraction of sp³-hybridized carbons (Fsp3) is 0.208. The number of hydrogen-bond acceptors (Lipinski definition) is 6. The summed E-state index contributed by atoms with van der Waals surface area (Å²) in [6.45, 7) is -0.600. The molecule has 0 fully saturated rings. The molecule has 0 aliphatic heterocycles. The quantitative estimate of drug-likeness (QED) is 0.235. The molecule has 2 aromatic carbocycles. The highest BCUT2D eigenvalue weighted by Gasteiger charge is 2.24. The maximum Gasteiger partial charge on any atom is 0.332 e. The first-order valence-electron chi connectivity index (χ1n) is 10.6. The third-order valence-corrected chi connectivity index (χ3v) is 5.13. The van der Waals surface area contributed by atoms with Crippen LogP contribution in [-0.2, 0) is 16.0 Å². The Kier molecular flexibility index (Phi) is 8.30. The summed E-state index contributed by atoms with van der Waals surface area (Å²) in [5.41, 5.74) is 2.57. The predicted molar refractivity (Wildman–Crippen MR) is 124 cm³/mol. The Bertz CT molecular complexity index is 1190. The monoisotopic (exact) mass is 480 g/mol. The van der Waals surface area contributed by atoms with Crippen LogP contribution < -0.4 is 10.6 Å². The number of hydrogen-bond donors (Lipinski definition) is 6. The summed E-state index contributed by atoms with van der Waals surface area (Å²) in [5, 5.41) is 38.5. The minimum absolute atomic E-state index is 0.116. The summed E-state index contributed by atoms with van der Waals surface area (Å²) >= 11 is 0. The Hall–Kier alpha value is -4.51. The maximum atomic E-state index is 12.7. The molecule has 0 spiro atoms. The Morgan fingerprint density at radius 3 is 2.20 bits per heavy atom. The zero-order valence-corrected chi connectivity index (χ0v) is 18.5. The highest BCUT2D eigenvalue weighted by molar-refractivity contribution is 5.98. The van der Waals surface area contributed by atoms with E-state index in [2.05, 4.69) is 20.8 Å². The van der Waals surface area contributed by atoms with Crippen LogP contribution in [0.3, 0.4) is 0 Å². The van der Waals surface area contributed by atoms with Crippen molar-refractivity contribution in [2.24, 2.45) is 0 Å². The molecule has 0 bridgehead atoms. The number of aliphatic carboxylic acids is 2. The van der Waals surface area contributed by atoms with Crippen LogP contribution in [0.25, 0.3) is 11.1 Å². The third-order valence-electron chi connectivity index (χ3n) is 5.13. The molecule has 6 N–H and O–H groups in total. The number of carbonyl (C=O) groups excluding carboxylic acids is 2. The number of aromatic amines is 1. The molecule has 3 aromatic rings. The van der Waals surface area contributed by atoms with Crippen molar-refractivity contribution in [1.82, 2.24) is 20.8 Å². The van der Waals surface area contributed by atoms with E-state index in [1.165, 1.54) is 0 Å². The molecule has 2 amide bonds. The molecular formula is C24H24N4O7. The van der Waals surface area contributed by atoms with Crippen LogP contribution >= 0.6 is 0 Å². The fourth-order valence-corrected chi connectivity index (χ4v) is 3.38. The van der Waals surface area contributed by atoms with Crippen LogP contribution in [0, 0.1) is 0 Å². The average Bonchev–Trinajstić information content (AvgIpc) is 3.34. The van der Waals surface area contributed by atoms with Crippen molar-refractivity contribution < 1.29 is 34.5 Å². The van der Waals surface area contributed by atoms with Gasteiger partial charge >= 0.3 is 11.9 Å². The number of carboxylic acids is 2. The summed E-state index contributed by atoms with van der Waals surface area (Å²) < 4.78 is 0. The van der Waals surface area contributed by atoms with Crippen LogP contribution in [0.15, 0.2) is 60.7 Å². The molecule has 3 rings (SSSR count). The molecule has 11 nitrogen and oxygen atoms in total. The molecule has 0 aliphatic carbocycles. The summed E-state index contributed by atoms with van der Waals surface area (Å²) in [4.78, 5) is 46.4. The van der Waals surface area contributed by atoms with E-state index >= 15 is 0 Å². The molecule has 182 valence electrons. The minimum Gasteiger partial charge on any atom is -0.480 e. The van der Waals surface area contributed by atoms with Gasteiger partial charge in [0.25, 0.3) is 11.8 Å². The molecule has 2 atom stereocenters. The number of nitrogens with zero attached hydrogens (tertiary/aromatic N) is 1. The molecule has 0 saturated heterocycles. The number of nitrogens with one attached hydrogen (secondary N) is 3. The molecule has 0 saturated carbocycles. The topological polar surface area (TPSA) is 182 Å². The van der Waals surface area contributed by atoms with Crippen LogP contribution in [0.4, 0.5) is 0 Å². The van der Waals surface area contributed by atoms with E-state index in [1.807, 2.05) is 54.6 Å². The molecule has 1 heterocycles. The maximum absolute atomic E-state index is 12.7. The van der Waals surface area contributed by atoms with Gasteiger partial charge in [-0.15, -0.1) is 0 Å². The highest BCUT2D eigenvalue weighted by atomic mass is 16.4. The van der Waals surface area contributed by atoms with Gasteiger partial charge in [0.15, 0.2) is 11.8 Å². The number of benzene rings is 2. The van der Waals surface area contributed by atoms with E-state index in [9.17, 15) is 24.3 Å². The van der Waals surface area contributed by atoms with Crippen molar-refractivity contribution in [1.29, 1.82) is 0 Å². The molecule has 0 radical (unpaired) electrons. The Balaban J connectivity index is 1.70. The van der Waals surface area contributed by atoms with Crippen molar-refractivity contribution in [3.8, 4) is 11.1 Å². The minimum atomic E-state index is -1.69. The zero-order chi connectivity index (χ0) is 25.4. The predicted octanol–water partition coefficient (Wildman–Crippen LogP) is 1.07. The largest absolute Gasteiger partial charge is 0.480 e. The smallest absolute Gasteiger partial charge is 0.332 e. The normalized spacial score (nSPS) is 12.4. The molecule has 35 heavy (non-hydrogen) atoms. The Morgan fingerprint density at radius 2 is 1.57 bits per heavy atom. The van der Waals surface area contributed by atoms with Crippen molar-refractivity contribution in [2.45, 2.75) is 25.0 Å². The lowest BCUT2D eigenvalue weighted by molar-refractivity contribution is -0.147. The molecule has 0 aliphatic rings. The van der Waals surface area contributed by atoms with Gasteiger partial charge in [0.05, 0.1) is 0 Å². The van der Waals surface area contributed by atoms with E-state index in [0.717, 1.165) is 22.8 Å². The third kappa shape index (κ3) is 7.24. The number of carbonyl (C=O) groups is 4. The number of rotatable bonds is 11. The van der Waals surface area contributed by atoms with Gasteiger partial charge in [0.2, 0.25) is 0 Å². The SMILES string of the molecule is O=C(O)CNC(=O)c1cc(C(=O)NC(Cc2ccc(-c3ccccc3)cc2)CC(O)C(=O)O)n[nH]1. The van der Waals surface area contributed by atoms with E-state index in [0.29, 0.717) is 0 Å². The number of H-pyrrole nitrogens is 1. The highest BCUT2D eigenvalue weighted by Crippen LogP contribution is 2.20. The molecular weight excluding hydrogens is 456 g/mol. The number of aliphatic hydroxyl groups excluding tert-OH is 1. The molecule has 1 aromatic heterocycles. The van der Waals surface area contributed by atoms with Crippen LogP contribution in [0.1, 0.15) is 33.0 Å². The second-order valence-electron chi connectivity index (χ2n) is 7.77. The van der Waals surface area contributed by atoms with E-state index in [-0.39, 0.29) is 24.2 Å². The lowest BCUT2D eigenvalue weighted by Crippen LogP contribution is -2.40. The van der Waals surface area contributed by atoms with Crippen LogP contribution in [0.2, 0.25) is 0 Å². The zero-order valence-electron chi connectivity index (χ0n) is 18.5. The van der Waals surface area contributed by atoms with Crippen molar-refractivity contribution >= 4 is 23.8 Å². The molecule has 11 heteroatoms. The van der Waals surface area contributed by atoms with Crippen LogP contribution in [0.5, 0.6) is 0 Å². The Labute approximate surface area is 199 Å². The standard InChI is InChI=1S/C24H24N4O7/c29-20(24(34)35)11-17(10-14-6-8-16(9-7-14)15-4-2-1-3-5-15)26-23(33)19-12-18(27-28-19)22(32)25-13-21(30)31/h1-9,12,17,20,29H,10-11,13H2,(H,25,32)(H,26,33)(H,27,28)(H,30,31)(H,34,35). The van der Waals surface area contributed by atoms with Crippen LogP contribution in [-0.4, -0.2) is 68.0 Å². The van der Waals surface area contributed by atoms with Gasteiger partial charge in [0, 0.05) is 18.5 Å². The summed E-state index contributed by atoms with van der Waals surface area (Å²) in [6, 6.07) is 17.6. The van der Waals surface area contributed by atoms with Gasteiger partial charge in [-0.05, 0) is 23.1 Å².